The monoisotopic (exact) mass is 466 g/mol. The standard InChI is InChI=1S/C16H30N6S.HI/c1-13-15(23-14(2)20-13)12-19-16(17-3)18-6-9-22-8-5-7-21(4)10-11-22;/h5-12H2,1-4H3,(H2,17,18,19);1H. The lowest BCUT2D eigenvalue weighted by molar-refractivity contribution is 0.280. The fourth-order valence-corrected chi connectivity index (χ4v) is 3.65. The van der Waals surface area contributed by atoms with Gasteiger partial charge in [-0.15, -0.1) is 35.3 Å². The summed E-state index contributed by atoms with van der Waals surface area (Å²) in [5.41, 5.74) is 1.11. The maximum absolute atomic E-state index is 4.46. The molecule has 0 unspecified atom stereocenters. The molecule has 2 N–H and O–H groups in total. The van der Waals surface area contributed by atoms with E-state index in [1.165, 1.54) is 24.4 Å². The summed E-state index contributed by atoms with van der Waals surface area (Å²) in [7, 11) is 4.03. The minimum Gasteiger partial charge on any atom is -0.355 e. The fourth-order valence-electron chi connectivity index (χ4n) is 2.78. The zero-order valence-electron chi connectivity index (χ0n) is 15.3. The van der Waals surface area contributed by atoms with E-state index >= 15 is 0 Å². The van der Waals surface area contributed by atoms with Crippen LogP contribution in [0.3, 0.4) is 0 Å². The van der Waals surface area contributed by atoms with Crippen LogP contribution in [0.15, 0.2) is 4.99 Å². The lowest BCUT2D eigenvalue weighted by atomic mass is 10.4. The average molecular weight is 466 g/mol. The molecule has 138 valence electrons. The van der Waals surface area contributed by atoms with Gasteiger partial charge in [-0.3, -0.25) is 4.99 Å². The van der Waals surface area contributed by atoms with Gasteiger partial charge in [-0.25, -0.2) is 4.98 Å². The maximum Gasteiger partial charge on any atom is 0.191 e. The summed E-state index contributed by atoms with van der Waals surface area (Å²) in [6.45, 7) is 11.6. The van der Waals surface area contributed by atoms with Crippen molar-refractivity contribution in [3.63, 3.8) is 0 Å². The summed E-state index contributed by atoms with van der Waals surface area (Å²) in [6, 6.07) is 0. The first-order chi connectivity index (χ1) is 11.1. The van der Waals surface area contributed by atoms with E-state index in [9.17, 15) is 0 Å². The molecule has 0 radical (unpaired) electrons. The van der Waals surface area contributed by atoms with Crippen molar-refractivity contribution in [2.24, 2.45) is 4.99 Å². The van der Waals surface area contributed by atoms with Crippen LogP contribution in [0.1, 0.15) is 22.0 Å². The minimum atomic E-state index is 0. The average Bonchev–Trinajstić information content (AvgIpc) is 2.71. The van der Waals surface area contributed by atoms with E-state index in [4.69, 9.17) is 0 Å². The summed E-state index contributed by atoms with van der Waals surface area (Å²) in [5.74, 6) is 0.863. The first kappa shape index (κ1) is 21.6. The van der Waals surface area contributed by atoms with E-state index in [2.05, 4.69) is 44.4 Å². The van der Waals surface area contributed by atoms with Crippen molar-refractivity contribution in [1.82, 2.24) is 25.4 Å². The number of aliphatic imine (C=N–C) groups is 1. The molecule has 0 spiro atoms. The third kappa shape index (κ3) is 7.20. The Kier molecular flexibility index (Phi) is 10.1. The van der Waals surface area contributed by atoms with E-state index < -0.39 is 0 Å². The second kappa shape index (κ2) is 11.2. The summed E-state index contributed by atoms with van der Waals surface area (Å²) >= 11 is 1.75. The Morgan fingerprint density at radius 3 is 2.67 bits per heavy atom. The highest BCUT2D eigenvalue weighted by atomic mass is 127. The third-order valence-corrected chi connectivity index (χ3v) is 5.25. The number of nitrogens with zero attached hydrogens (tertiary/aromatic N) is 4. The Bertz CT molecular complexity index is 519. The van der Waals surface area contributed by atoms with Gasteiger partial charge in [0.15, 0.2) is 5.96 Å². The predicted molar refractivity (Wildman–Crippen MR) is 114 cm³/mol. The number of rotatable bonds is 5. The van der Waals surface area contributed by atoms with Gasteiger partial charge < -0.3 is 20.4 Å². The molecule has 2 heterocycles. The van der Waals surface area contributed by atoms with Crippen molar-refractivity contribution in [2.45, 2.75) is 26.8 Å². The molecule has 2 rings (SSSR count). The molecule has 24 heavy (non-hydrogen) atoms. The molecule has 0 atom stereocenters. The van der Waals surface area contributed by atoms with Crippen molar-refractivity contribution < 1.29 is 0 Å². The van der Waals surface area contributed by atoms with Crippen molar-refractivity contribution in [3.05, 3.63) is 15.6 Å². The number of guanidine groups is 1. The molecule has 6 nitrogen and oxygen atoms in total. The smallest absolute Gasteiger partial charge is 0.191 e. The Hall–Kier alpha value is -0.450. The van der Waals surface area contributed by atoms with Gasteiger partial charge >= 0.3 is 0 Å². The van der Waals surface area contributed by atoms with Crippen LogP contribution in [0.4, 0.5) is 0 Å². The number of halogens is 1. The van der Waals surface area contributed by atoms with Gasteiger partial charge in [-0.2, -0.15) is 0 Å². The van der Waals surface area contributed by atoms with Crippen LogP contribution >= 0.6 is 35.3 Å². The second-order valence-corrected chi connectivity index (χ2v) is 7.38. The molecule has 0 aromatic carbocycles. The van der Waals surface area contributed by atoms with Crippen LogP contribution < -0.4 is 10.6 Å². The van der Waals surface area contributed by atoms with Crippen molar-refractivity contribution in [3.8, 4) is 0 Å². The zero-order valence-corrected chi connectivity index (χ0v) is 18.4. The Labute approximate surface area is 167 Å². The van der Waals surface area contributed by atoms with E-state index in [1.807, 2.05) is 14.0 Å². The first-order valence-electron chi connectivity index (χ1n) is 8.37. The van der Waals surface area contributed by atoms with Crippen LogP contribution in [0.5, 0.6) is 0 Å². The molecular weight excluding hydrogens is 435 g/mol. The molecule has 1 aliphatic rings. The topological polar surface area (TPSA) is 55.8 Å². The summed E-state index contributed by atoms with van der Waals surface area (Å²) < 4.78 is 0. The van der Waals surface area contributed by atoms with E-state index in [0.29, 0.717) is 0 Å². The van der Waals surface area contributed by atoms with Crippen LogP contribution in [0.2, 0.25) is 0 Å². The Morgan fingerprint density at radius 1 is 1.21 bits per heavy atom. The lowest BCUT2D eigenvalue weighted by Crippen LogP contribution is -2.42. The lowest BCUT2D eigenvalue weighted by Gasteiger charge is -2.21. The number of nitrogens with one attached hydrogen (secondary N) is 2. The van der Waals surface area contributed by atoms with Gasteiger partial charge in [0.05, 0.1) is 17.2 Å². The highest BCUT2D eigenvalue weighted by Crippen LogP contribution is 2.16. The van der Waals surface area contributed by atoms with E-state index in [-0.39, 0.29) is 24.0 Å². The zero-order chi connectivity index (χ0) is 16.7. The quantitative estimate of drug-likeness (QED) is 0.393. The second-order valence-electron chi connectivity index (χ2n) is 6.09. The SMILES string of the molecule is CN=C(NCCN1CCCN(C)CC1)NCc1sc(C)nc1C.I. The first-order valence-corrected chi connectivity index (χ1v) is 9.18. The van der Waals surface area contributed by atoms with Crippen LogP contribution in [-0.4, -0.2) is 74.1 Å². The van der Waals surface area contributed by atoms with Gasteiger partial charge in [0.25, 0.3) is 0 Å². The van der Waals surface area contributed by atoms with E-state index in [1.54, 1.807) is 11.3 Å². The Morgan fingerprint density at radius 2 is 2.00 bits per heavy atom. The number of aromatic nitrogens is 1. The number of likely N-dealkylation sites (N-methyl/N-ethyl adjacent to an activating group) is 1. The highest BCUT2D eigenvalue weighted by Gasteiger charge is 2.11. The van der Waals surface area contributed by atoms with Crippen LogP contribution in [-0.2, 0) is 6.54 Å². The van der Waals surface area contributed by atoms with Crippen molar-refractivity contribution in [1.29, 1.82) is 0 Å². The van der Waals surface area contributed by atoms with Gasteiger partial charge in [-0.05, 0) is 40.4 Å². The molecular formula is C16H31IN6S. The van der Waals surface area contributed by atoms with Gasteiger partial charge in [0.2, 0.25) is 0 Å². The number of thiazole rings is 1. The molecule has 0 bridgehead atoms. The number of hydrogen-bond donors (Lipinski definition) is 2. The predicted octanol–water partition coefficient (Wildman–Crippen LogP) is 1.68. The maximum atomic E-state index is 4.46. The number of aryl methyl sites for hydroxylation is 2. The third-order valence-electron chi connectivity index (χ3n) is 4.17. The molecule has 8 heteroatoms. The normalized spacial score (nSPS) is 17.2. The molecule has 0 saturated carbocycles. The van der Waals surface area contributed by atoms with Gasteiger partial charge in [-0.1, -0.05) is 0 Å². The summed E-state index contributed by atoms with van der Waals surface area (Å²) in [4.78, 5) is 15.0. The van der Waals surface area contributed by atoms with Crippen LogP contribution in [0.25, 0.3) is 0 Å². The van der Waals surface area contributed by atoms with Crippen molar-refractivity contribution >= 4 is 41.3 Å². The fraction of sp³-hybridized carbons (Fsp3) is 0.750. The van der Waals surface area contributed by atoms with Gasteiger partial charge in [0, 0.05) is 38.1 Å². The molecule has 1 saturated heterocycles. The largest absolute Gasteiger partial charge is 0.355 e. The highest BCUT2D eigenvalue weighted by molar-refractivity contribution is 14.0. The van der Waals surface area contributed by atoms with Gasteiger partial charge in [0.1, 0.15) is 0 Å². The minimum absolute atomic E-state index is 0. The molecule has 1 fully saturated rings. The summed E-state index contributed by atoms with van der Waals surface area (Å²) in [5, 5.41) is 7.91. The molecule has 1 aliphatic heterocycles. The molecule has 1 aromatic heterocycles. The van der Waals surface area contributed by atoms with Crippen LogP contribution in [0, 0.1) is 13.8 Å². The molecule has 0 amide bonds. The number of hydrogen-bond acceptors (Lipinski definition) is 5. The molecule has 1 aromatic rings. The van der Waals surface area contributed by atoms with E-state index in [0.717, 1.165) is 49.4 Å². The Balaban J connectivity index is 0.00000288. The summed E-state index contributed by atoms with van der Waals surface area (Å²) in [6.07, 6.45) is 1.26. The van der Waals surface area contributed by atoms with Crippen molar-refractivity contribution in [2.75, 3.05) is 53.4 Å². The molecule has 0 aliphatic carbocycles.